The SMILES string of the molecule is CCCCNC(=NCC1CN(C)CCO1)NN. The summed E-state index contributed by atoms with van der Waals surface area (Å²) in [5.74, 6) is 6.05. The normalized spacial score (nSPS) is 22.5. The molecule has 100 valence electrons. The van der Waals surface area contributed by atoms with Crippen LogP contribution in [0.25, 0.3) is 0 Å². The molecule has 0 saturated carbocycles. The smallest absolute Gasteiger partial charge is 0.205 e. The van der Waals surface area contributed by atoms with Crippen molar-refractivity contribution in [2.75, 3.05) is 39.8 Å². The van der Waals surface area contributed by atoms with Crippen LogP contribution in [-0.4, -0.2) is 56.8 Å². The number of unbranched alkanes of at least 4 members (excludes halogenated alkanes) is 1. The number of hydrogen-bond donors (Lipinski definition) is 3. The maximum absolute atomic E-state index is 5.62. The van der Waals surface area contributed by atoms with Gasteiger partial charge in [0.15, 0.2) is 0 Å². The molecule has 1 fully saturated rings. The van der Waals surface area contributed by atoms with Gasteiger partial charge in [-0.05, 0) is 13.5 Å². The number of ether oxygens (including phenoxy) is 1. The van der Waals surface area contributed by atoms with Gasteiger partial charge in [0.2, 0.25) is 5.96 Å². The minimum absolute atomic E-state index is 0.171. The Morgan fingerprint density at radius 3 is 3.06 bits per heavy atom. The molecule has 0 aromatic heterocycles. The molecule has 6 nitrogen and oxygen atoms in total. The van der Waals surface area contributed by atoms with Crippen molar-refractivity contribution < 1.29 is 4.74 Å². The molecule has 1 heterocycles. The first kappa shape index (κ1) is 14.2. The van der Waals surface area contributed by atoms with E-state index in [0.29, 0.717) is 12.5 Å². The fourth-order valence-corrected chi connectivity index (χ4v) is 1.71. The third-order valence-corrected chi connectivity index (χ3v) is 2.75. The zero-order valence-electron chi connectivity index (χ0n) is 10.9. The molecule has 1 aliphatic rings. The van der Waals surface area contributed by atoms with Gasteiger partial charge in [0.05, 0.1) is 19.3 Å². The van der Waals surface area contributed by atoms with Crippen LogP contribution in [0.3, 0.4) is 0 Å². The third kappa shape index (κ3) is 5.86. The molecule has 1 rings (SSSR count). The van der Waals surface area contributed by atoms with Crippen LogP contribution in [0.5, 0.6) is 0 Å². The van der Waals surface area contributed by atoms with E-state index in [0.717, 1.165) is 39.1 Å². The van der Waals surface area contributed by atoms with E-state index in [1.54, 1.807) is 0 Å². The van der Waals surface area contributed by atoms with E-state index in [2.05, 4.69) is 34.6 Å². The first-order valence-electron chi connectivity index (χ1n) is 6.31. The number of morpholine rings is 1. The summed E-state index contributed by atoms with van der Waals surface area (Å²) in [6.45, 7) is 6.40. The fraction of sp³-hybridized carbons (Fsp3) is 0.909. The topological polar surface area (TPSA) is 74.9 Å². The predicted octanol–water partition coefficient (Wildman–Crippen LogP) is -0.474. The van der Waals surface area contributed by atoms with Crippen molar-refractivity contribution in [2.45, 2.75) is 25.9 Å². The summed E-state index contributed by atoms with van der Waals surface area (Å²) < 4.78 is 5.62. The van der Waals surface area contributed by atoms with Crippen molar-refractivity contribution in [3.63, 3.8) is 0 Å². The van der Waals surface area contributed by atoms with Crippen LogP contribution in [0.4, 0.5) is 0 Å². The minimum Gasteiger partial charge on any atom is -0.374 e. The summed E-state index contributed by atoms with van der Waals surface area (Å²) >= 11 is 0. The number of guanidine groups is 1. The molecule has 0 aliphatic carbocycles. The lowest BCUT2D eigenvalue weighted by atomic mass is 10.3. The molecule has 0 spiro atoms. The Hall–Kier alpha value is -0.850. The van der Waals surface area contributed by atoms with E-state index >= 15 is 0 Å². The van der Waals surface area contributed by atoms with E-state index in [4.69, 9.17) is 10.6 Å². The summed E-state index contributed by atoms with van der Waals surface area (Å²) in [5, 5.41) is 3.17. The highest BCUT2D eigenvalue weighted by atomic mass is 16.5. The van der Waals surface area contributed by atoms with Crippen molar-refractivity contribution in [2.24, 2.45) is 10.8 Å². The first-order chi connectivity index (χ1) is 8.26. The Bertz CT molecular complexity index is 234. The summed E-state index contributed by atoms with van der Waals surface area (Å²) in [7, 11) is 2.10. The van der Waals surface area contributed by atoms with Crippen molar-refractivity contribution in [3.8, 4) is 0 Å². The lowest BCUT2D eigenvalue weighted by Gasteiger charge is -2.29. The third-order valence-electron chi connectivity index (χ3n) is 2.75. The summed E-state index contributed by atoms with van der Waals surface area (Å²) in [6, 6.07) is 0. The molecule has 0 bridgehead atoms. The maximum Gasteiger partial charge on any atom is 0.205 e. The molecule has 4 N–H and O–H groups in total. The average Bonchev–Trinajstić information content (AvgIpc) is 2.34. The Balaban J connectivity index is 2.27. The van der Waals surface area contributed by atoms with Gasteiger partial charge in [0.1, 0.15) is 0 Å². The molecule has 1 aliphatic heterocycles. The quantitative estimate of drug-likeness (QED) is 0.200. The number of aliphatic imine (C=N–C) groups is 1. The Morgan fingerprint density at radius 1 is 1.59 bits per heavy atom. The van der Waals surface area contributed by atoms with Gasteiger partial charge in [-0.2, -0.15) is 0 Å². The predicted molar refractivity (Wildman–Crippen MR) is 69.8 cm³/mol. The fourth-order valence-electron chi connectivity index (χ4n) is 1.71. The zero-order valence-corrected chi connectivity index (χ0v) is 10.9. The summed E-state index contributed by atoms with van der Waals surface area (Å²) in [5.41, 5.74) is 2.58. The summed E-state index contributed by atoms with van der Waals surface area (Å²) in [6.07, 6.45) is 2.44. The Labute approximate surface area is 104 Å². The highest BCUT2D eigenvalue weighted by Gasteiger charge is 2.17. The van der Waals surface area contributed by atoms with Gasteiger partial charge >= 0.3 is 0 Å². The maximum atomic E-state index is 5.62. The molecular formula is C11H25N5O. The van der Waals surface area contributed by atoms with Gasteiger partial charge in [-0.15, -0.1) is 0 Å². The number of hydrogen-bond acceptors (Lipinski definition) is 4. The number of rotatable bonds is 5. The minimum atomic E-state index is 0.171. The molecule has 0 radical (unpaired) electrons. The number of likely N-dealkylation sites (N-methyl/N-ethyl adjacent to an activating group) is 1. The molecule has 0 aromatic rings. The lowest BCUT2D eigenvalue weighted by Crippen LogP contribution is -2.44. The molecule has 6 heteroatoms. The van der Waals surface area contributed by atoms with E-state index < -0.39 is 0 Å². The van der Waals surface area contributed by atoms with Crippen LogP contribution in [0.2, 0.25) is 0 Å². The summed E-state index contributed by atoms with van der Waals surface area (Å²) in [4.78, 5) is 6.64. The number of nitrogens with zero attached hydrogens (tertiary/aromatic N) is 2. The lowest BCUT2D eigenvalue weighted by molar-refractivity contribution is -0.0136. The largest absolute Gasteiger partial charge is 0.374 e. The van der Waals surface area contributed by atoms with Crippen molar-refractivity contribution >= 4 is 5.96 Å². The second-order valence-corrected chi connectivity index (χ2v) is 4.37. The van der Waals surface area contributed by atoms with E-state index in [1.807, 2.05) is 0 Å². The molecule has 1 saturated heterocycles. The van der Waals surface area contributed by atoms with Crippen molar-refractivity contribution in [1.82, 2.24) is 15.6 Å². The van der Waals surface area contributed by atoms with Gasteiger partial charge < -0.3 is 15.0 Å². The molecule has 17 heavy (non-hydrogen) atoms. The second-order valence-electron chi connectivity index (χ2n) is 4.37. The highest BCUT2D eigenvalue weighted by molar-refractivity contribution is 5.79. The Morgan fingerprint density at radius 2 is 2.41 bits per heavy atom. The number of hydrazine groups is 1. The van der Waals surface area contributed by atoms with Gasteiger partial charge in [-0.1, -0.05) is 13.3 Å². The van der Waals surface area contributed by atoms with Crippen molar-refractivity contribution in [1.29, 1.82) is 0 Å². The van der Waals surface area contributed by atoms with Crippen LogP contribution in [0.15, 0.2) is 4.99 Å². The van der Waals surface area contributed by atoms with Gasteiger partial charge in [-0.25, -0.2) is 10.8 Å². The van der Waals surface area contributed by atoms with Crippen LogP contribution in [0.1, 0.15) is 19.8 Å². The molecule has 0 amide bonds. The second kappa shape index (κ2) is 8.27. The number of nitrogens with one attached hydrogen (secondary N) is 2. The van der Waals surface area contributed by atoms with Crippen molar-refractivity contribution in [3.05, 3.63) is 0 Å². The van der Waals surface area contributed by atoms with Crippen LogP contribution < -0.4 is 16.6 Å². The monoisotopic (exact) mass is 243 g/mol. The van der Waals surface area contributed by atoms with Gasteiger partial charge in [0, 0.05) is 19.6 Å². The van der Waals surface area contributed by atoms with Crippen LogP contribution in [-0.2, 0) is 4.74 Å². The molecule has 1 unspecified atom stereocenters. The van der Waals surface area contributed by atoms with Gasteiger partial charge in [-0.3, -0.25) is 5.43 Å². The molecule has 0 aromatic carbocycles. The van der Waals surface area contributed by atoms with Crippen LogP contribution in [0, 0.1) is 0 Å². The number of nitrogens with two attached hydrogens (primary N) is 1. The molecular weight excluding hydrogens is 218 g/mol. The molecule has 1 atom stereocenters. The van der Waals surface area contributed by atoms with E-state index in [1.165, 1.54) is 0 Å². The van der Waals surface area contributed by atoms with E-state index in [9.17, 15) is 0 Å². The van der Waals surface area contributed by atoms with E-state index in [-0.39, 0.29) is 6.10 Å². The zero-order chi connectivity index (χ0) is 12.5. The highest BCUT2D eigenvalue weighted by Crippen LogP contribution is 2.02. The van der Waals surface area contributed by atoms with Gasteiger partial charge in [0.25, 0.3) is 0 Å². The first-order valence-corrected chi connectivity index (χ1v) is 6.31. The van der Waals surface area contributed by atoms with Crippen LogP contribution >= 0.6 is 0 Å². The standard InChI is InChI=1S/C11H25N5O/c1-3-4-5-13-11(15-12)14-8-10-9-16(2)6-7-17-10/h10H,3-9,12H2,1-2H3,(H2,13,14,15). The average molecular weight is 243 g/mol. The Kier molecular flexibility index (Phi) is 6.91.